The van der Waals surface area contributed by atoms with Crippen LogP contribution in [0, 0.1) is 18.3 Å². The predicted molar refractivity (Wildman–Crippen MR) is 70.7 cm³/mol. The average Bonchev–Trinajstić information content (AvgIpc) is 2.74. The van der Waals surface area contributed by atoms with Crippen molar-refractivity contribution in [1.29, 1.82) is 5.26 Å². The van der Waals surface area contributed by atoms with Gasteiger partial charge in [0.1, 0.15) is 17.3 Å². The van der Waals surface area contributed by atoms with Gasteiger partial charge in [-0.15, -0.1) is 0 Å². The summed E-state index contributed by atoms with van der Waals surface area (Å²) in [6, 6.07) is 10.8. The van der Waals surface area contributed by atoms with Crippen molar-refractivity contribution in [3.8, 4) is 17.5 Å². The highest BCUT2D eigenvalue weighted by Crippen LogP contribution is 2.22. The number of fused-ring (bicyclic) bond motifs is 1. The zero-order valence-electron chi connectivity index (χ0n) is 10.2. The highest BCUT2D eigenvalue weighted by molar-refractivity contribution is 5.64. The topological polar surface area (TPSA) is 74.0 Å². The summed E-state index contributed by atoms with van der Waals surface area (Å²) in [5.74, 6) is 0. The van der Waals surface area contributed by atoms with Crippen LogP contribution in [0.3, 0.4) is 0 Å². The van der Waals surface area contributed by atoms with E-state index < -0.39 is 0 Å². The van der Waals surface area contributed by atoms with Crippen molar-refractivity contribution in [2.45, 2.75) is 6.92 Å². The van der Waals surface area contributed by atoms with E-state index in [4.69, 9.17) is 5.26 Å². The van der Waals surface area contributed by atoms with E-state index in [1.807, 2.05) is 41.8 Å². The van der Waals surface area contributed by atoms with Crippen molar-refractivity contribution < 1.29 is 0 Å². The molecule has 0 fully saturated rings. The largest absolute Gasteiger partial charge is 0.319 e. The Bertz CT molecular complexity index is 867. The number of rotatable bonds is 1. The lowest BCUT2D eigenvalue weighted by Crippen LogP contribution is -2.10. The zero-order chi connectivity index (χ0) is 13.4. The number of nitrogens with zero attached hydrogens (tertiary/aromatic N) is 3. The van der Waals surface area contributed by atoms with Gasteiger partial charge >= 0.3 is 0 Å². The van der Waals surface area contributed by atoms with Gasteiger partial charge in [0.2, 0.25) is 0 Å². The van der Waals surface area contributed by atoms with Crippen LogP contribution in [0.4, 0.5) is 0 Å². The van der Waals surface area contributed by atoms with Gasteiger partial charge in [-0.2, -0.15) is 5.26 Å². The molecule has 0 atom stereocenters. The molecule has 19 heavy (non-hydrogen) atoms. The Morgan fingerprint density at radius 3 is 2.89 bits per heavy atom. The maximum atomic E-state index is 11.7. The number of aromatic nitrogens is 3. The molecule has 3 heterocycles. The molecule has 0 aromatic carbocycles. The molecule has 0 unspecified atom stereocenters. The van der Waals surface area contributed by atoms with Crippen molar-refractivity contribution in [2.75, 3.05) is 0 Å². The standard InChI is InChI=1S/C14H10N4O/c1-9-13(18-7-3-2-4-12(18)16-9)11-6-5-10(8-15)14(19)17-11/h2-7H,1H3,(H,17,19). The van der Waals surface area contributed by atoms with Crippen molar-refractivity contribution in [3.63, 3.8) is 0 Å². The Labute approximate surface area is 108 Å². The van der Waals surface area contributed by atoms with Crippen molar-refractivity contribution in [1.82, 2.24) is 14.4 Å². The number of aryl methyl sites for hydroxylation is 1. The summed E-state index contributed by atoms with van der Waals surface area (Å²) in [4.78, 5) is 18.9. The third kappa shape index (κ3) is 1.70. The molecule has 5 heteroatoms. The molecule has 0 bridgehead atoms. The number of nitrogens with one attached hydrogen (secondary N) is 1. The SMILES string of the molecule is Cc1nc2ccccn2c1-c1ccc(C#N)c(=O)[nH]1. The summed E-state index contributed by atoms with van der Waals surface area (Å²) in [7, 11) is 0. The monoisotopic (exact) mass is 250 g/mol. The summed E-state index contributed by atoms with van der Waals surface area (Å²) in [5, 5.41) is 8.78. The number of pyridine rings is 2. The smallest absolute Gasteiger partial charge is 0.266 e. The number of aromatic amines is 1. The molecule has 1 N–H and O–H groups in total. The second-order valence-electron chi connectivity index (χ2n) is 4.20. The molecule has 5 nitrogen and oxygen atoms in total. The summed E-state index contributed by atoms with van der Waals surface area (Å²) in [6.07, 6.45) is 1.89. The first-order valence-corrected chi connectivity index (χ1v) is 5.78. The van der Waals surface area contributed by atoms with E-state index in [0.717, 1.165) is 17.0 Å². The van der Waals surface area contributed by atoms with Crippen LogP contribution in [-0.4, -0.2) is 14.4 Å². The Balaban J connectivity index is 2.31. The van der Waals surface area contributed by atoms with Crippen LogP contribution in [0.25, 0.3) is 17.0 Å². The maximum Gasteiger partial charge on any atom is 0.266 e. The van der Waals surface area contributed by atoms with Crippen LogP contribution < -0.4 is 5.56 Å². The molecule has 0 aliphatic heterocycles. The molecule has 3 aromatic heterocycles. The first kappa shape index (κ1) is 11.2. The van der Waals surface area contributed by atoms with Gasteiger partial charge in [0.15, 0.2) is 0 Å². The van der Waals surface area contributed by atoms with Crippen molar-refractivity contribution in [2.24, 2.45) is 0 Å². The minimum Gasteiger partial charge on any atom is -0.319 e. The van der Waals surface area contributed by atoms with Gasteiger partial charge < -0.3 is 4.98 Å². The summed E-state index contributed by atoms with van der Waals surface area (Å²) in [5.41, 5.74) is 2.85. The van der Waals surface area contributed by atoms with E-state index in [9.17, 15) is 4.79 Å². The van der Waals surface area contributed by atoms with Crippen LogP contribution in [0.2, 0.25) is 0 Å². The lowest BCUT2D eigenvalue weighted by Gasteiger charge is -2.03. The normalized spacial score (nSPS) is 10.5. The molecular formula is C14H10N4O. The number of hydrogen-bond donors (Lipinski definition) is 1. The fraction of sp³-hybridized carbons (Fsp3) is 0.0714. The number of imidazole rings is 1. The summed E-state index contributed by atoms with van der Waals surface area (Å²) >= 11 is 0. The molecule has 3 aromatic rings. The lowest BCUT2D eigenvalue weighted by molar-refractivity contribution is 1.14. The van der Waals surface area contributed by atoms with Gasteiger partial charge in [-0.3, -0.25) is 9.20 Å². The van der Waals surface area contributed by atoms with E-state index in [0.29, 0.717) is 5.69 Å². The fourth-order valence-electron chi connectivity index (χ4n) is 2.14. The Morgan fingerprint density at radius 1 is 1.32 bits per heavy atom. The molecule has 0 amide bonds. The van der Waals surface area contributed by atoms with Gasteiger partial charge in [0.25, 0.3) is 5.56 Å². The van der Waals surface area contributed by atoms with Gasteiger partial charge in [-0.1, -0.05) is 6.07 Å². The highest BCUT2D eigenvalue weighted by atomic mass is 16.1. The van der Waals surface area contributed by atoms with Crippen LogP contribution in [-0.2, 0) is 0 Å². The highest BCUT2D eigenvalue weighted by Gasteiger charge is 2.11. The third-order valence-electron chi connectivity index (χ3n) is 2.99. The minimum atomic E-state index is -0.384. The molecule has 3 rings (SSSR count). The first-order valence-electron chi connectivity index (χ1n) is 5.78. The Kier molecular flexibility index (Phi) is 2.43. The van der Waals surface area contributed by atoms with Crippen LogP contribution in [0.1, 0.15) is 11.3 Å². The van der Waals surface area contributed by atoms with E-state index >= 15 is 0 Å². The average molecular weight is 250 g/mol. The van der Waals surface area contributed by atoms with Crippen molar-refractivity contribution in [3.05, 3.63) is 58.1 Å². The molecule has 0 radical (unpaired) electrons. The quantitative estimate of drug-likeness (QED) is 0.716. The van der Waals surface area contributed by atoms with Crippen LogP contribution >= 0.6 is 0 Å². The molecule has 0 aliphatic carbocycles. The number of hydrogen-bond acceptors (Lipinski definition) is 3. The third-order valence-corrected chi connectivity index (χ3v) is 2.99. The fourth-order valence-corrected chi connectivity index (χ4v) is 2.14. The lowest BCUT2D eigenvalue weighted by atomic mass is 10.2. The first-order chi connectivity index (χ1) is 9.20. The molecule has 0 saturated carbocycles. The Hall–Kier alpha value is -2.87. The summed E-state index contributed by atoms with van der Waals surface area (Å²) in [6.45, 7) is 1.89. The van der Waals surface area contributed by atoms with Crippen molar-refractivity contribution >= 4 is 5.65 Å². The van der Waals surface area contributed by atoms with E-state index in [1.54, 1.807) is 6.07 Å². The van der Waals surface area contributed by atoms with E-state index in [2.05, 4.69) is 9.97 Å². The van der Waals surface area contributed by atoms with Crippen LogP contribution in [0.15, 0.2) is 41.3 Å². The van der Waals surface area contributed by atoms with Crippen LogP contribution in [0.5, 0.6) is 0 Å². The van der Waals surface area contributed by atoms with Gasteiger partial charge in [-0.25, -0.2) is 4.98 Å². The van der Waals surface area contributed by atoms with Gasteiger partial charge in [-0.05, 0) is 31.2 Å². The molecule has 0 saturated heterocycles. The number of nitriles is 1. The van der Waals surface area contributed by atoms with E-state index in [1.165, 1.54) is 6.07 Å². The number of H-pyrrole nitrogens is 1. The molecule has 92 valence electrons. The maximum absolute atomic E-state index is 11.7. The Morgan fingerprint density at radius 2 is 2.16 bits per heavy atom. The van der Waals surface area contributed by atoms with Gasteiger partial charge in [0.05, 0.1) is 17.1 Å². The second-order valence-corrected chi connectivity index (χ2v) is 4.20. The molecular weight excluding hydrogens is 240 g/mol. The van der Waals surface area contributed by atoms with Gasteiger partial charge in [0, 0.05) is 6.20 Å². The summed E-state index contributed by atoms with van der Waals surface area (Å²) < 4.78 is 1.91. The molecule has 0 spiro atoms. The molecule has 0 aliphatic rings. The van der Waals surface area contributed by atoms with E-state index in [-0.39, 0.29) is 11.1 Å². The second kappa shape index (κ2) is 4.10. The predicted octanol–water partition coefficient (Wildman–Crippen LogP) is 1.87. The minimum absolute atomic E-state index is 0.107. The zero-order valence-corrected chi connectivity index (χ0v) is 10.2.